The molecule has 0 saturated heterocycles. The normalized spacial score (nSPS) is 10.4. The fourth-order valence-electron chi connectivity index (χ4n) is 1.74. The molecule has 0 aliphatic rings. The van der Waals surface area contributed by atoms with E-state index in [-0.39, 0.29) is 5.78 Å². The summed E-state index contributed by atoms with van der Waals surface area (Å²) in [6.07, 6.45) is 0. The summed E-state index contributed by atoms with van der Waals surface area (Å²) in [5.74, 6) is -0.671. The van der Waals surface area contributed by atoms with Gasteiger partial charge in [0.05, 0.1) is 0 Å². The van der Waals surface area contributed by atoms with Crippen LogP contribution >= 0.6 is 15.9 Å². The summed E-state index contributed by atoms with van der Waals surface area (Å²) < 4.78 is 13.9. The van der Waals surface area contributed by atoms with E-state index in [4.69, 9.17) is 5.73 Å². The number of benzene rings is 2. The maximum Gasteiger partial charge on any atom is 0.194 e. The van der Waals surface area contributed by atoms with E-state index < -0.39 is 5.82 Å². The molecule has 0 amide bonds. The van der Waals surface area contributed by atoms with Crippen LogP contribution in [0, 0.1) is 12.7 Å². The van der Waals surface area contributed by atoms with E-state index in [9.17, 15) is 9.18 Å². The molecule has 0 radical (unpaired) electrons. The van der Waals surface area contributed by atoms with Gasteiger partial charge in [0.15, 0.2) is 5.78 Å². The van der Waals surface area contributed by atoms with E-state index in [1.54, 1.807) is 31.2 Å². The zero-order chi connectivity index (χ0) is 13.3. The molecule has 2 N–H and O–H groups in total. The SMILES string of the molecule is Cc1cc(F)cc(C(=O)c2cc(N)ccc2Br)c1. The number of halogens is 2. The zero-order valence-electron chi connectivity index (χ0n) is 9.71. The van der Waals surface area contributed by atoms with Crippen molar-refractivity contribution in [2.24, 2.45) is 0 Å². The maximum absolute atomic E-state index is 13.3. The molecule has 0 heterocycles. The van der Waals surface area contributed by atoms with Gasteiger partial charge in [-0.2, -0.15) is 0 Å². The molecule has 18 heavy (non-hydrogen) atoms. The summed E-state index contributed by atoms with van der Waals surface area (Å²) in [7, 11) is 0. The minimum Gasteiger partial charge on any atom is -0.399 e. The molecule has 0 atom stereocenters. The number of hydrogen-bond acceptors (Lipinski definition) is 2. The van der Waals surface area contributed by atoms with E-state index in [1.807, 2.05) is 0 Å². The van der Waals surface area contributed by atoms with Crippen LogP contribution in [-0.4, -0.2) is 5.78 Å². The second kappa shape index (κ2) is 4.90. The van der Waals surface area contributed by atoms with Crippen LogP contribution in [0.4, 0.5) is 10.1 Å². The van der Waals surface area contributed by atoms with Crippen molar-refractivity contribution in [2.75, 3.05) is 5.73 Å². The standard InChI is InChI=1S/C14H11BrFNO/c1-8-4-9(6-10(16)5-8)14(18)12-7-11(17)2-3-13(12)15/h2-7H,17H2,1H3. The Kier molecular flexibility index (Phi) is 3.48. The number of carbonyl (C=O) groups is 1. The van der Waals surface area contributed by atoms with Gasteiger partial charge in [-0.05, 0) is 48.9 Å². The molecular formula is C14H11BrFNO. The summed E-state index contributed by atoms with van der Waals surface area (Å²) in [6.45, 7) is 1.74. The number of rotatable bonds is 2. The van der Waals surface area contributed by atoms with Crippen molar-refractivity contribution in [1.82, 2.24) is 0 Å². The van der Waals surface area contributed by atoms with Gasteiger partial charge >= 0.3 is 0 Å². The molecule has 0 unspecified atom stereocenters. The topological polar surface area (TPSA) is 43.1 Å². The van der Waals surface area contributed by atoms with Crippen molar-refractivity contribution < 1.29 is 9.18 Å². The van der Waals surface area contributed by atoms with Crippen LogP contribution in [0.5, 0.6) is 0 Å². The second-order valence-electron chi connectivity index (χ2n) is 4.09. The van der Waals surface area contributed by atoms with Gasteiger partial charge in [0.1, 0.15) is 5.82 Å². The Hall–Kier alpha value is -1.68. The third-order valence-electron chi connectivity index (χ3n) is 2.54. The lowest BCUT2D eigenvalue weighted by Crippen LogP contribution is -2.04. The molecule has 0 fully saturated rings. The number of hydrogen-bond donors (Lipinski definition) is 1. The monoisotopic (exact) mass is 307 g/mol. The fraction of sp³-hybridized carbons (Fsp3) is 0.0714. The van der Waals surface area contributed by atoms with Crippen LogP contribution in [0.3, 0.4) is 0 Å². The Morgan fingerprint density at radius 1 is 1.22 bits per heavy atom. The highest BCUT2D eigenvalue weighted by molar-refractivity contribution is 9.10. The minimum atomic E-state index is -0.418. The van der Waals surface area contributed by atoms with Crippen LogP contribution in [0.2, 0.25) is 0 Å². The van der Waals surface area contributed by atoms with Gasteiger partial charge in [0.2, 0.25) is 0 Å². The lowest BCUT2D eigenvalue weighted by Gasteiger charge is -2.06. The summed E-state index contributed by atoms with van der Waals surface area (Å²) in [6, 6.07) is 9.23. The predicted octanol–water partition coefficient (Wildman–Crippen LogP) is 3.71. The van der Waals surface area contributed by atoms with E-state index in [0.29, 0.717) is 26.9 Å². The molecule has 0 saturated carbocycles. The first-order valence-corrected chi connectivity index (χ1v) is 6.13. The Morgan fingerprint density at radius 2 is 1.94 bits per heavy atom. The molecule has 0 bridgehead atoms. The highest BCUT2D eigenvalue weighted by atomic mass is 79.9. The quantitative estimate of drug-likeness (QED) is 0.679. The Morgan fingerprint density at radius 3 is 2.61 bits per heavy atom. The molecule has 2 nitrogen and oxygen atoms in total. The predicted molar refractivity (Wildman–Crippen MR) is 73.1 cm³/mol. The average molecular weight is 308 g/mol. The first kappa shape index (κ1) is 12.8. The first-order valence-electron chi connectivity index (χ1n) is 5.34. The number of nitrogens with two attached hydrogens (primary N) is 1. The number of nitrogen functional groups attached to an aromatic ring is 1. The van der Waals surface area contributed by atoms with Crippen molar-refractivity contribution >= 4 is 27.4 Å². The van der Waals surface area contributed by atoms with E-state index in [0.717, 1.165) is 0 Å². The molecule has 0 aliphatic heterocycles. The summed E-state index contributed by atoms with van der Waals surface area (Å²) in [5.41, 5.74) is 7.61. The first-order chi connectivity index (χ1) is 8.47. The third kappa shape index (κ3) is 2.59. The number of carbonyl (C=O) groups excluding carboxylic acids is 1. The smallest absolute Gasteiger partial charge is 0.194 e. The second-order valence-corrected chi connectivity index (χ2v) is 4.94. The third-order valence-corrected chi connectivity index (χ3v) is 3.23. The summed E-state index contributed by atoms with van der Waals surface area (Å²) in [4.78, 5) is 12.3. The lowest BCUT2D eigenvalue weighted by atomic mass is 10.0. The van der Waals surface area contributed by atoms with Gasteiger partial charge in [0, 0.05) is 21.3 Å². The largest absolute Gasteiger partial charge is 0.399 e. The highest BCUT2D eigenvalue weighted by Gasteiger charge is 2.14. The molecule has 92 valence electrons. The number of ketones is 1. The molecule has 2 aromatic rings. The molecule has 0 aromatic heterocycles. The molecule has 0 aliphatic carbocycles. The average Bonchev–Trinajstić information content (AvgIpc) is 2.30. The molecule has 2 rings (SSSR count). The number of anilines is 1. The van der Waals surface area contributed by atoms with Gasteiger partial charge in [-0.3, -0.25) is 4.79 Å². The Balaban J connectivity index is 2.51. The summed E-state index contributed by atoms with van der Waals surface area (Å²) in [5, 5.41) is 0. The molecule has 4 heteroatoms. The van der Waals surface area contributed by atoms with Crippen LogP contribution in [0.1, 0.15) is 21.5 Å². The molecule has 2 aromatic carbocycles. The zero-order valence-corrected chi connectivity index (χ0v) is 11.3. The van der Waals surface area contributed by atoms with Gasteiger partial charge in [-0.25, -0.2) is 4.39 Å². The van der Waals surface area contributed by atoms with Gasteiger partial charge in [-0.15, -0.1) is 0 Å². The van der Waals surface area contributed by atoms with Crippen LogP contribution in [-0.2, 0) is 0 Å². The van der Waals surface area contributed by atoms with Gasteiger partial charge in [-0.1, -0.05) is 15.9 Å². The van der Waals surface area contributed by atoms with Gasteiger partial charge in [0.25, 0.3) is 0 Å². The van der Waals surface area contributed by atoms with Crippen LogP contribution < -0.4 is 5.73 Å². The Bertz CT molecular complexity index is 605. The fourth-order valence-corrected chi connectivity index (χ4v) is 2.17. The van der Waals surface area contributed by atoms with E-state index in [1.165, 1.54) is 12.1 Å². The van der Waals surface area contributed by atoms with Crippen LogP contribution in [0.25, 0.3) is 0 Å². The van der Waals surface area contributed by atoms with Crippen molar-refractivity contribution in [3.05, 3.63) is 63.4 Å². The van der Waals surface area contributed by atoms with E-state index in [2.05, 4.69) is 15.9 Å². The van der Waals surface area contributed by atoms with Crippen LogP contribution in [0.15, 0.2) is 40.9 Å². The highest BCUT2D eigenvalue weighted by Crippen LogP contribution is 2.23. The van der Waals surface area contributed by atoms with E-state index >= 15 is 0 Å². The van der Waals surface area contributed by atoms with Crippen molar-refractivity contribution in [2.45, 2.75) is 6.92 Å². The lowest BCUT2D eigenvalue weighted by molar-refractivity contribution is 0.103. The number of aryl methyl sites for hydroxylation is 1. The van der Waals surface area contributed by atoms with Crippen molar-refractivity contribution in [3.63, 3.8) is 0 Å². The Labute approximate surface area is 113 Å². The van der Waals surface area contributed by atoms with Crippen molar-refractivity contribution in [3.8, 4) is 0 Å². The van der Waals surface area contributed by atoms with Gasteiger partial charge < -0.3 is 5.73 Å². The molecular weight excluding hydrogens is 297 g/mol. The summed E-state index contributed by atoms with van der Waals surface area (Å²) >= 11 is 3.30. The molecule has 0 spiro atoms. The van der Waals surface area contributed by atoms with Crippen molar-refractivity contribution in [1.29, 1.82) is 0 Å². The maximum atomic E-state index is 13.3. The minimum absolute atomic E-state index is 0.253.